The van der Waals surface area contributed by atoms with Crippen molar-refractivity contribution in [1.82, 2.24) is 0 Å². The summed E-state index contributed by atoms with van der Waals surface area (Å²) in [7, 11) is 0. The van der Waals surface area contributed by atoms with Gasteiger partial charge in [-0.25, -0.2) is 0 Å². The summed E-state index contributed by atoms with van der Waals surface area (Å²) in [5.74, 6) is 0. The fourth-order valence-corrected chi connectivity index (χ4v) is 3.23. The van der Waals surface area contributed by atoms with Crippen LogP contribution in [0.15, 0.2) is 101 Å². The predicted octanol–water partition coefficient (Wildman–Crippen LogP) is 7.11. The van der Waals surface area contributed by atoms with Gasteiger partial charge in [0.1, 0.15) is 0 Å². The van der Waals surface area contributed by atoms with Crippen LogP contribution >= 0.6 is 12.4 Å². The number of nitrogens with zero attached hydrogens (tertiary/aromatic N) is 1. The molecule has 0 fully saturated rings. The Morgan fingerprint density at radius 3 is 2.30 bits per heavy atom. The molecule has 0 bridgehead atoms. The molecule has 140 valence electrons. The van der Waals surface area contributed by atoms with E-state index in [1.165, 1.54) is 11.1 Å². The minimum absolute atomic E-state index is 0. The first-order valence-electron chi connectivity index (χ1n) is 9.08. The van der Waals surface area contributed by atoms with Gasteiger partial charge in [0.25, 0.3) is 0 Å². The van der Waals surface area contributed by atoms with Crippen molar-refractivity contribution in [2.24, 2.45) is 10.4 Å². The molecule has 3 heteroatoms. The van der Waals surface area contributed by atoms with Crippen LogP contribution in [0.25, 0.3) is 0 Å². The first-order valence-corrected chi connectivity index (χ1v) is 9.08. The maximum Gasteiger partial charge on any atom is 0.0629 e. The second-order valence-electron chi connectivity index (χ2n) is 7.44. The van der Waals surface area contributed by atoms with E-state index in [2.05, 4.69) is 54.5 Å². The van der Waals surface area contributed by atoms with Gasteiger partial charge in [-0.3, -0.25) is 4.99 Å². The quantitative estimate of drug-likeness (QED) is 0.551. The lowest BCUT2D eigenvalue weighted by molar-refractivity contribution is 0.355. The average Bonchev–Trinajstić information content (AvgIpc) is 2.62. The van der Waals surface area contributed by atoms with E-state index in [0.29, 0.717) is 0 Å². The van der Waals surface area contributed by atoms with Crippen LogP contribution in [0.1, 0.15) is 26.7 Å². The monoisotopic (exact) mass is 378 g/mol. The van der Waals surface area contributed by atoms with Crippen LogP contribution in [-0.4, -0.2) is 6.21 Å². The van der Waals surface area contributed by atoms with Gasteiger partial charge in [-0.05, 0) is 65.8 Å². The SMILES string of the molecule is CC1(C)CC(=CC=Nc2ccccc2)C=C(C=CNc2ccccc2)C1.Cl. The van der Waals surface area contributed by atoms with E-state index in [1.807, 2.05) is 60.9 Å². The summed E-state index contributed by atoms with van der Waals surface area (Å²) in [5, 5.41) is 3.33. The molecule has 1 aliphatic rings. The Hall–Kier alpha value is -2.58. The molecule has 0 amide bonds. The zero-order chi connectivity index (χ0) is 18.2. The Kier molecular flexibility index (Phi) is 7.63. The Bertz CT molecular complexity index is 831. The van der Waals surface area contributed by atoms with Crippen LogP contribution < -0.4 is 5.32 Å². The van der Waals surface area contributed by atoms with Crippen LogP contribution in [0.3, 0.4) is 0 Å². The Morgan fingerprint density at radius 1 is 0.926 bits per heavy atom. The summed E-state index contributed by atoms with van der Waals surface area (Å²) in [4.78, 5) is 4.51. The number of halogens is 1. The number of para-hydroxylation sites is 2. The second-order valence-corrected chi connectivity index (χ2v) is 7.44. The van der Waals surface area contributed by atoms with Crippen molar-refractivity contribution in [3.8, 4) is 0 Å². The third-order valence-corrected chi connectivity index (χ3v) is 4.33. The highest BCUT2D eigenvalue weighted by molar-refractivity contribution is 5.85. The first kappa shape index (κ1) is 20.7. The van der Waals surface area contributed by atoms with Crippen LogP contribution in [0.5, 0.6) is 0 Å². The molecule has 2 aromatic carbocycles. The molecule has 0 saturated carbocycles. The molecular formula is C24H27ClN2. The molecule has 0 heterocycles. The van der Waals surface area contributed by atoms with Crippen molar-refractivity contribution < 1.29 is 0 Å². The maximum atomic E-state index is 4.51. The highest BCUT2D eigenvalue weighted by Crippen LogP contribution is 2.38. The predicted molar refractivity (Wildman–Crippen MR) is 120 cm³/mol. The summed E-state index contributed by atoms with van der Waals surface area (Å²) in [6.07, 6.45) is 12.7. The first-order chi connectivity index (χ1) is 12.6. The van der Waals surface area contributed by atoms with E-state index in [4.69, 9.17) is 0 Å². The Balaban J connectivity index is 0.00000261. The van der Waals surface area contributed by atoms with Crippen molar-refractivity contribution in [2.45, 2.75) is 26.7 Å². The van der Waals surface area contributed by atoms with Gasteiger partial charge in [-0.15, -0.1) is 12.4 Å². The fraction of sp³-hybridized carbons (Fsp3) is 0.208. The summed E-state index contributed by atoms with van der Waals surface area (Å²) in [6.45, 7) is 4.64. The van der Waals surface area contributed by atoms with Gasteiger partial charge in [-0.2, -0.15) is 0 Å². The summed E-state index contributed by atoms with van der Waals surface area (Å²) >= 11 is 0. The average molecular weight is 379 g/mol. The van der Waals surface area contributed by atoms with Crippen molar-refractivity contribution in [2.75, 3.05) is 5.32 Å². The van der Waals surface area contributed by atoms with Gasteiger partial charge in [0, 0.05) is 18.1 Å². The second kappa shape index (κ2) is 9.94. The summed E-state index contributed by atoms with van der Waals surface area (Å²) in [6, 6.07) is 20.3. The van der Waals surface area contributed by atoms with E-state index in [9.17, 15) is 0 Å². The number of benzene rings is 2. The number of nitrogens with one attached hydrogen (secondary N) is 1. The van der Waals surface area contributed by atoms with E-state index in [1.54, 1.807) is 0 Å². The molecule has 1 aliphatic carbocycles. The fourth-order valence-electron chi connectivity index (χ4n) is 3.23. The molecule has 0 aromatic heterocycles. The van der Waals surface area contributed by atoms with Crippen LogP contribution in [0.2, 0.25) is 0 Å². The van der Waals surface area contributed by atoms with Gasteiger partial charge < -0.3 is 5.32 Å². The molecule has 0 unspecified atom stereocenters. The number of hydrogen-bond acceptors (Lipinski definition) is 2. The zero-order valence-electron chi connectivity index (χ0n) is 15.9. The molecule has 0 atom stereocenters. The molecule has 27 heavy (non-hydrogen) atoms. The maximum absolute atomic E-state index is 4.51. The lowest BCUT2D eigenvalue weighted by Gasteiger charge is -2.30. The summed E-state index contributed by atoms with van der Waals surface area (Å²) < 4.78 is 0. The zero-order valence-corrected chi connectivity index (χ0v) is 16.7. The van der Waals surface area contributed by atoms with Crippen LogP contribution in [0.4, 0.5) is 11.4 Å². The third-order valence-electron chi connectivity index (χ3n) is 4.33. The third kappa shape index (κ3) is 6.92. The summed E-state index contributed by atoms with van der Waals surface area (Å²) in [5.41, 5.74) is 5.00. The molecule has 1 N–H and O–H groups in total. The number of aliphatic imine (C=N–C) groups is 1. The molecular weight excluding hydrogens is 352 g/mol. The lowest BCUT2D eigenvalue weighted by atomic mass is 9.75. The topological polar surface area (TPSA) is 24.4 Å². The minimum atomic E-state index is 0. The molecule has 2 nitrogen and oxygen atoms in total. The largest absolute Gasteiger partial charge is 0.362 e. The Labute approximate surface area is 168 Å². The Morgan fingerprint density at radius 2 is 1.59 bits per heavy atom. The molecule has 0 spiro atoms. The minimum Gasteiger partial charge on any atom is -0.362 e. The van der Waals surface area contributed by atoms with Crippen molar-refractivity contribution in [1.29, 1.82) is 0 Å². The van der Waals surface area contributed by atoms with Gasteiger partial charge in [-0.1, -0.05) is 56.3 Å². The molecule has 3 rings (SSSR count). The lowest BCUT2D eigenvalue weighted by Crippen LogP contribution is -2.16. The molecule has 0 saturated heterocycles. The standard InChI is InChI=1S/C24H26N2.ClH/c1-24(2)18-20(13-15-25-22-9-5-3-6-10-22)17-21(19-24)14-16-26-23-11-7-4-8-12-23;/h3-17,25H,18-19H2,1-2H3;1H. The number of rotatable bonds is 5. The van der Waals surface area contributed by atoms with Crippen molar-refractivity contribution in [3.63, 3.8) is 0 Å². The van der Waals surface area contributed by atoms with E-state index in [0.717, 1.165) is 24.2 Å². The highest BCUT2D eigenvalue weighted by atomic mass is 35.5. The van der Waals surface area contributed by atoms with E-state index >= 15 is 0 Å². The van der Waals surface area contributed by atoms with Gasteiger partial charge in [0.2, 0.25) is 0 Å². The normalized spacial score (nSPS) is 17.7. The van der Waals surface area contributed by atoms with Crippen molar-refractivity contribution >= 4 is 30.0 Å². The number of anilines is 1. The number of hydrogen-bond donors (Lipinski definition) is 1. The number of allylic oxidation sites excluding steroid dienone is 5. The van der Waals surface area contributed by atoms with Crippen LogP contribution in [-0.2, 0) is 0 Å². The van der Waals surface area contributed by atoms with Gasteiger partial charge in [0.05, 0.1) is 5.69 Å². The van der Waals surface area contributed by atoms with E-state index in [-0.39, 0.29) is 17.8 Å². The molecule has 2 aromatic rings. The highest BCUT2D eigenvalue weighted by Gasteiger charge is 2.24. The van der Waals surface area contributed by atoms with Gasteiger partial charge >= 0.3 is 0 Å². The molecule has 0 aliphatic heterocycles. The van der Waals surface area contributed by atoms with Gasteiger partial charge in [0.15, 0.2) is 0 Å². The van der Waals surface area contributed by atoms with Crippen LogP contribution in [0, 0.1) is 5.41 Å². The smallest absolute Gasteiger partial charge is 0.0629 e. The van der Waals surface area contributed by atoms with E-state index < -0.39 is 0 Å². The van der Waals surface area contributed by atoms with Crippen molar-refractivity contribution in [3.05, 3.63) is 96.2 Å². The molecule has 0 radical (unpaired) electrons.